The highest BCUT2D eigenvalue weighted by Crippen LogP contribution is 2.03. The first-order chi connectivity index (χ1) is 8.77. The molecule has 0 radical (unpaired) electrons. The van der Waals surface area contributed by atoms with Gasteiger partial charge in [-0.2, -0.15) is 0 Å². The van der Waals surface area contributed by atoms with Crippen molar-refractivity contribution in [2.45, 2.75) is 6.42 Å². The highest BCUT2D eigenvalue weighted by molar-refractivity contribution is 5.91. The Morgan fingerprint density at radius 3 is 3.11 bits per heavy atom. The van der Waals surface area contributed by atoms with E-state index in [2.05, 4.69) is 15.3 Å². The summed E-state index contributed by atoms with van der Waals surface area (Å²) >= 11 is 0. The molecule has 2 heterocycles. The third-order valence-electron chi connectivity index (χ3n) is 2.52. The van der Waals surface area contributed by atoms with Crippen LogP contribution in [0.25, 0.3) is 0 Å². The van der Waals surface area contributed by atoms with Gasteiger partial charge in [-0.15, -0.1) is 0 Å². The van der Waals surface area contributed by atoms with Crippen LogP contribution in [0.15, 0.2) is 18.6 Å². The number of aromatic nitrogens is 2. The molecule has 0 atom stereocenters. The molecule has 1 aromatic rings. The Bertz CT molecular complexity index is 424. The van der Waals surface area contributed by atoms with Crippen molar-refractivity contribution in [2.75, 3.05) is 26.2 Å². The maximum atomic E-state index is 11.6. The van der Waals surface area contributed by atoms with E-state index in [0.717, 1.165) is 6.42 Å². The van der Waals surface area contributed by atoms with Gasteiger partial charge in [0.2, 0.25) is 0 Å². The average molecular weight is 250 g/mol. The summed E-state index contributed by atoms with van der Waals surface area (Å²) in [6, 6.07) is 0. The van der Waals surface area contributed by atoms with Crippen LogP contribution < -0.4 is 5.32 Å². The van der Waals surface area contributed by atoms with Crippen LogP contribution in [0.1, 0.15) is 16.9 Å². The van der Waals surface area contributed by atoms with Crippen LogP contribution in [-0.4, -0.2) is 53.1 Å². The van der Waals surface area contributed by atoms with Crippen molar-refractivity contribution in [2.24, 2.45) is 0 Å². The van der Waals surface area contributed by atoms with Crippen molar-refractivity contribution in [3.63, 3.8) is 0 Å². The Balaban J connectivity index is 1.75. The smallest absolute Gasteiger partial charge is 0.409 e. The van der Waals surface area contributed by atoms with E-state index in [4.69, 9.17) is 4.74 Å². The maximum absolute atomic E-state index is 11.6. The van der Waals surface area contributed by atoms with Gasteiger partial charge in [-0.05, 0) is 6.42 Å². The summed E-state index contributed by atoms with van der Waals surface area (Å²) in [5.41, 5.74) is 0.263. The number of nitrogens with zero attached hydrogens (tertiary/aromatic N) is 3. The molecule has 0 saturated carbocycles. The first-order valence-corrected chi connectivity index (χ1v) is 5.73. The first kappa shape index (κ1) is 12.3. The van der Waals surface area contributed by atoms with Crippen molar-refractivity contribution in [3.8, 4) is 0 Å². The van der Waals surface area contributed by atoms with Gasteiger partial charge in [-0.3, -0.25) is 9.78 Å². The van der Waals surface area contributed by atoms with E-state index >= 15 is 0 Å². The van der Waals surface area contributed by atoms with Gasteiger partial charge in [0.15, 0.2) is 0 Å². The first-order valence-electron chi connectivity index (χ1n) is 5.73. The van der Waals surface area contributed by atoms with Crippen LogP contribution >= 0.6 is 0 Å². The molecule has 1 aromatic heterocycles. The van der Waals surface area contributed by atoms with Gasteiger partial charge in [0.05, 0.1) is 12.8 Å². The second kappa shape index (κ2) is 5.95. The van der Waals surface area contributed by atoms with E-state index < -0.39 is 0 Å². The quantitative estimate of drug-likeness (QED) is 0.816. The molecule has 0 unspecified atom stereocenters. The van der Waals surface area contributed by atoms with Gasteiger partial charge >= 0.3 is 6.09 Å². The fraction of sp³-hybridized carbons (Fsp3) is 0.455. The van der Waals surface area contributed by atoms with Gasteiger partial charge in [0, 0.05) is 32.0 Å². The van der Waals surface area contributed by atoms with E-state index in [1.807, 2.05) is 0 Å². The molecule has 0 aromatic carbocycles. The van der Waals surface area contributed by atoms with E-state index in [1.165, 1.54) is 18.6 Å². The monoisotopic (exact) mass is 250 g/mol. The molecule has 1 aliphatic heterocycles. The van der Waals surface area contributed by atoms with Crippen molar-refractivity contribution in [1.29, 1.82) is 0 Å². The molecule has 7 nitrogen and oxygen atoms in total. The van der Waals surface area contributed by atoms with E-state index in [-0.39, 0.29) is 17.7 Å². The molecule has 1 aliphatic rings. The lowest BCUT2D eigenvalue weighted by molar-refractivity contribution is 0.0719. The van der Waals surface area contributed by atoms with Crippen LogP contribution in [0, 0.1) is 0 Å². The number of amides is 2. The van der Waals surface area contributed by atoms with Gasteiger partial charge in [-0.1, -0.05) is 0 Å². The summed E-state index contributed by atoms with van der Waals surface area (Å²) in [5, 5.41) is 2.68. The summed E-state index contributed by atoms with van der Waals surface area (Å²) in [5.74, 6) is -0.298. The number of hydrogen-bond donors (Lipinski definition) is 1. The molecule has 96 valence electrons. The van der Waals surface area contributed by atoms with E-state index in [9.17, 15) is 9.59 Å². The van der Waals surface area contributed by atoms with Crippen LogP contribution in [0.4, 0.5) is 4.79 Å². The highest BCUT2D eigenvalue weighted by atomic mass is 16.6. The molecular weight excluding hydrogens is 236 g/mol. The van der Waals surface area contributed by atoms with Crippen molar-refractivity contribution < 1.29 is 14.3 Å². The van der Waals surface area contributed by atoms with Crippen molar-refractivity contribution in [3.05, 3.63) is 24.3 Å². The summed E-state index contributed by atoms with van der Waals surface area (Å²) in [4.78, 5) is 32.2. The number of ether oxygens (including phenoxy) is 1. The molecule has 18 heavy (non-hydrogen) atoms. The minimum Gasteiger partial charge on any atom is -0.449 e. The third kappa shape index (κ3) is 3.16. The number of carbonyl (C=O) groups excluding carboxylic acids is 2. The summed E-state index contributed by atoms with van der Waals surface area (Å²) in [6.07, 6.45) is 4.85. The lowest BCUT2D eigenvalue weighted by atomic mass is 10.3. The zero-order chi connectivity index (χ0) is 12.8. The molecule has 1 N–H and O–H groups in total. The number of hydrogen-bond acceptors (Lipinski definition) is 5. The molecule has 7 heteroatoms. The number of nitrogens with one attached hydrogen (secondary N) is 1. The van der Waals surface area contributed by atoms with Crippen LogP contribution in [0.5, 0.6) is 0 Å². The fourth-order valence-electron chi connectivity index (χ4n) is 1.61. The van der Waals surface area contributed by atoms with E-state index in [0.29, 0.717) is 26.2 Å². The number of rotatable bonds is 4. The zero-order valence-corrected chi connectivity index (χ0v) is 9.83. The van der Waals surface area contributed by atoms with Crippen LogP contribution in [-0.2, 0) is 4.74 Å². The second-order valence-corrected chi connectivity index (χ2v) is 3.80. The maximum Gasteiger partial charge on any atom is 0.409 e. The molecule has 0 spiro atoms. The molecule has 0 aliphatic carbocycles. The predicted octanol–water partition coefficient (Wildman–Crippen LogP) is 0.0487. The lowest BCUT2D eigenvalue weighted by Gasteiger charge is -2.26. The Morgan fingerprint density at radius 1 is 1.50 bits per heavy atom. The molecule has 1 fully saturated rings. The molecule has 2 rings (SSSR count). The SMILES string of the molecule is O=C(NCCN1CCCOC1=O)c1cnccn1. The molecular formula is C11H14N4O3. The number of cyclic esters (lactones) is 1. The van der Waals surface area contributed by atoms with Crippen LogP contribution in [0.3, 0.4) is 0 Å². The fourth-order valence-corrected chi connectivity index (χ4v) is 1.61. The Labute approximate surface area is 104 Å². The van der Waals surface area contributed by atoms with Crippen molar-refractivity contribution >= 4 is 12.0 Å². The van der Waals surface area contributed by atoms with Gasteiger partial charge < -0.3 is 15.0 Å². The third-order valence-corrected chi connectivity index (χ3v) is 2.52. The Hall–Kier alpha value is -2.18. The molecule has 1 saturated heterocycles. The highest BCUT2D eigenvalue weighted by Gasteiger charge is 2.19. The molecule has 2 amide bonds. The second-order valence-electron chi connectivity index (χ2n) is 3.80. The molecule has 0 bridgehead atoms. The summed E-state index contributed by atoms with van der Waals surface area (Å²) < 4.78 is 4.88. The minimum atomic E-state index is -0.324. The Kier molecular flexibility index (Phi) is 4.06. The topological polar surface area (TPSA) is 84.4 Å². The normalized spacial score (nSPS) is 15.1. The van der Waals surface area contributed by atoms with Gasteiger partial charge in [0.1, 0.15) is 5.69 Å². The summed E-state index contributed by atoms with van der Waals surface area (Å²) in [7, 11) is 0. The van der Waals surface area contributed by atoms with Gasteiger partial charge in [-0.25, -0.2) is 9.78 Å². The summed E-state index contributed by atoms with van der Waals surface area (Å²) in [6.45, 7) is 1.94. The standard InChI is InChI=1S/C11H14N4O3/c16-10(9-8-12-2-3-13-9)14-4-6-15-5-1-7-18-11(15)17/h2-3,8H,1,4-7H2,(H,14,16). The largest absolute Gasteiger partial charge is 0.449 e. The predicted molar refractivity (Wildman–Crippen MR) is 61.9 cm³/mol. The Morgan fingerprint density at radius 2 is 2.39 bits per heavy atom. The average Bonchev–Trinajstić information content (AvgIpc) is 2.42. The van der Waals surface area contributed by atoms with Gasteiger partial charge in [0.25, 0.3) is 5.91 Å². The van der Waals surface area contributed by atoms with Crippen LogP contribution in [0.2, 0.25) is 0 Å². The number of carbonyl (C=O) groups is 2. The zero-order valence-electron chi connectivity index (χ0n) is 9.83. The van der Waals surface area contributed by atoms with E-state index in [1.54, 1.807) is 4.90 Å². The van der Waals surface area contributed by atoms with Crippen molar-refractivity contribution in [1.82, 2.24) is 20.2 Å². The minimum absolute atomic E-state index is 0.263. The lowest BCUT2D eigenvalue weighted by Crippen LogP contribution is -2.42.